The van der Waals surface area contributed by atoms with Crippen molar-refractivity contribution < 1.29 is 18.0 Å². The molecule has 0 heterocycles. The van der Waals surface area contributed by atoms with E-state index in [1.165, 1.54) is 6.07 Å². The van der Waals surface area contributed by atoms with Gasteiger partial charge in [-0.2, -0.15) is 13.2 Å². The van der Waals surface area contributed by atoms with Gasteiger partial charge in [0.1, 0.15) is 0 Å². The van der Waals surface area contributed by atoms with E-state index < -0.39 is 23.2 Å². The van der Waals surface area contributed by atoms with Crippen LogP contribution in [0.15, 0.2) is 51.4 Å². The second kappa shape index (κ2) is 6.19. The lowest BCUT2D eigenvalue weighted by molar-refractivity contribution is -0.137. The number of benzene rings is 2. The summed E-state index contributed by atoms with van der Waals surface area (Å²) < 4.78 is 40.0. The van der Waals surface area contributed by atoms with Crippen LogP contribution in [-0.4, -0.2) is 5.91 Å². The molecule has 0 aliphatic carbocycles. The van der Waals surface area contributed by atoms with Crippen LogP contribution in [0.2, 0.25) is 0 Å². The summed E-state index contributed by atoms with van der Waals surface area (Å²) in [4.78, 5) is 12.0. The second-order valence-corrected chi connectivity index (χ2v) is 5.98. The van der Waals surface area contributed by atoms with Gasteiger partial charge in [-0.05, 0) is 42.5 Å². The van der Waals surface area contributed by atoms with Crippen LogP contribution in [0.1, 0.15) is 15.9 Å². The smallest absolute Gasteiger partial charge is 0.322 e. The highest BCUT2D eigenvalue weighted by Crippen LogP contribution is 2.34. The minimum Gasteiger partial charge on any atom is -0.322 e. The number of hydrogen-bond acceptors (Lipinski definition) is 1. The molecular weight excluding hydrogens is 415 g/mol. The van der Waals surface area contributed by atoms with E-state index in [1.807, 2.05) is 0 Å². The summed E-state index contributed by atoms with van der Waals surface area (Å²) in [6.07, 6.45) is -4.60. The molecule has 2 aromatic carbocycles. The first-order chi connectivity index (χ1) is 9.77. The third kappa shape index (κ3) is 4.07. The zero-order chi connectivity index (χ0) is 15.6. The highest BCUT2D eigenvalue weighted by Gasteiger charge is 2.35. The molecule has 0 spiro atoms. The van der Waals surface area contributed by atoms with E-state index in [9.17, 15) is 18.0 Å². The van der Waals surface area contributed by atoms with E-state index in [2.05, 4.69) is 37.2 Å². The maximum absolute atomic E-state index is 13.0. The summed E-state index contributed by atoms with van der Waals surface area (Å²) in [6, 6.07) is 9.97. The minimum absolute atomic E-state index is 0.259. The molecule has 110 valence electrons. The first kappa shape index (κ1) is 16.0. The van der Waals surface area contributed by atoms with Crippen molar-refractivity contribution in [2.45, 2.75) is 6.18 Å². The molecule has 21 heavy (non-hydrogen) atoms. The Bertz CT molecular complexity index is 669. The molecule has 0 saturated heterocycles. The van der Waals surface area contributed by atoms with E-state index in [0.717, 1.165) is 16.6 Å². The Morgan fingerprint density at radius 1 is 0.952 bits per heavy atom. The van der Waals surface area contributed by atoms with E-state index in [0.29, 0.717) is 5.69 Å². The van der Waals surface area contributed by atoms with E-state index in [-0.39, 0.29) is 4.47 Å². The number of hydrogen-bond donors (Lipinski definition) is 1. The summed E-state index contributed by atoms with van der Waals surface area (Å²) in [5.41, 5.74) is -0.987. The fourth-order valence-electron chi connectivity index (χ4n) is 1.68. The van der Waals surface area contributed by atoms with Gasteiger partial charge in [-0.25, -0.2) is 0 Å². The van der Waals surface area contributed by atoms with Crippen LogP contribution < -0.4 is 5.32 Å². The SMILES string of the molecule is O=C(Nc1ccc(Br)cc1)c1ccc(Br)cc1C(F)(F)F. The minimum atomic E-state index is -4.60. The number of nitrogens with one attached hydrogen (secondary N) is 1. The summed E-state index contributed by atoms with van der Waals surface area (Å²) in [7, 11) is 0. The normalized spacial score (nSPS) is 11.3. The lowest BCUT2D eigenvalue weighted by atomic mass is 10.1. The van der Waals surface area contributed by atoms with Crippen LogP contribution in [0.5, 0.6) is 0 Å². The first-order valence-corrected chi connectivity index (χ1v) is 7.29. The van der Waals surface area contributed by atoms with Crippen LogP contribution in [-0.2, 0) is 6.18 Å². The maximum atomic E-state index is 13.0. The van der Waals surface area contributed by atoms with E-state index in [4.69, 9.17) is 0 Å². The average Bonchev–Trinajstić information content (AvgIpc) is 2.40. The van der Waals surface area contributed by atoms with Gasteiger partial charge in [-0.1, -0.05) is 31.9 Å². The van der Waals surface area contributed by atoms with Crippen LogP contribution in [0.25, 0.3) is 0 Å². The second-order valence-electron chi connectivity index (χ2n) is 4.15. The van der Waals surface area contributed by atoms with Crippen molar-refractivity contribution in [3.63, 3.8) is 0 Å². The third-order valence-corrected chi connectivity index (χ3v) is 3.66. The van der Waals surface area contributed by atoms with Crippen molar-refractivity contribution in [3.8, 4) is 0 Å². The summed E-state index contributed by atoms with van der Waals surface area (Å²) in [6.45, 7) is 0. The molecule has 2 aromatic rings. The fourth-order valence-corrected chi connectivity index (χ4v) is 2.31. The molecule has 0 radical (unpaired) electrons. The van der Waals surface area contributed by atoms with Crippen molar-refractivity contribution in [2.24, 2.45) is 0 Å². The Balaban J connectivity index is 2.33. The number of anilines is 1. The maximum Gasteiger partial charge on any atom is 0.417 e. The topological polar surface area (TPSA) is 29.1 Å². The molecule has 0 aromatic heterocycles. The molecule has 2 rings (SSSR count). The fraction of sp³-hybridized carbons (Fsp3) is 0.0714. The molecule has 0 bridgehead atoms. The molecule has 0 unspecified atom stereocenters. The van der Waals surface area contributed by atoms with Gasteiger partial charge in [0.2, 0.25) is 0 Å². The number of alkyl halides is 3. The summed E-state index contributed by atoms with van der Waals surface area (Å²) in [5.74, 6) is -0.808. The van der Waals surface area contributed by atoms with Gasteiger partial charge in [0.05, 0.1) is 11.1 Å². The Kier molecular flexibility index (Phi) is 4.73. The predicted molar refractivity (Wildman–Crippen MR) is 81.2 cm³/mol. The van der Waals surface area contributed by atoms with Gasteiger partial charge in [0.25, 0.3) is 5.91 Å². The molecule has 0 aliphatic heterocycles. The summed E-state index contributed by atoms with van der Waals surface area (Å²) >= 11 is 6.21. The lowest BCUT2D eigenvalue weighted by Gasteiger charge is -2.13. The van der Waals surface area contributed by atoms with Crippen molar-refractivity contribution in [2.75, 3.05) is 5.32 Å². The Labute approximate surface area is 135 Å². The van der Waals surface area contributed by atoms with Crippen molar-refractivity contribution in [1.29, 1.82) is 0 Å². The van der Waals surface area contributed by atoms with Crippen molar-refractivity contribution in [1.82, 2.24) is 0 Å². The molecule has 0 saturated carbocycles. The number of carbonyl (C=O) groups excluding carboxylic acids is 1. The highest BCUT2D eigenvalue weighted by molar-refractivity contribution is 9.10. The van der Waals surface area contributed by atoms with Gasteiger partial charge >= 0.3 is 6.18 Å². The largest absolute Gasteiger partial charge is 0.417 e. The molecule has 1 amide bonds. The van der Waals surface area contributed by atoms with E-state index in [1.54, 1.807) is 24.3 Å². The molecular formula is C14H8Br2F3NO. The average molecular weight is 423 g/mol. The monoisotopic (exact) mass is 421 g/mol. The number of amides is 1. The van der Waals surface area contributed by atoms with Gasteiger partial charge in [0, 0.05) is 14.6 Å². The van der Waals surface area contributed by atoms with Gasteiger partial charge in [-0.15, -0.1) is 0 Å². The predicted octanol–water partition coefficient (Wildman–Crippen LogP) is 5.48. The highest BCUT2D eigenvalue weighted by atomic mass is 79.9. The Morgan fingerprint density at radius 3 is 2.10 bits per heavy atom. The zero-order valence-corrected chi connectivity index (χ0v) is 13.5. The molecule has 0 aliphatic rings. The van der Waals surface area contributed by atoms with Crippen LogP contribution in [0.3, 0.4) is 0 Å². The number of halogens is 5. The molecule has 7 heteroatoms. The lowest BCUT2D eigenvalue weighted by Crippen LogP contribution is -2.18. The molecule has 1 N–H and O–H groups in total. The third-order valence-electron chi connectivity index (χ3n) is 2.63. The van der Waals surface area contributed by atoms with Crippen LogP contribution >= 0.6 is 31.9 Å². The molecule has 0 fully saturated rings. The van der Waals surface area contributed by atoms with E-state index >= 15 is 0 Å². The zero-order valence-electron chi connectivity index (χ0n) is 10.3. The number of carbonyl (C=O) groups is 1. The van der Waals surface area contributed by atoms with Gasteiger partial charge in [0.15, 0.2) is 0 Å². The van der Waals surface area contributed by atoms with Crippen molar-refractivity contribution in [3.05, 3.63) is 62.5 Å². The first-order valence-electron chi connectivity index (χ1n) is 5.71. The molecule has 2 nitrogen and oxygen atoms in total. The Hall–Kier alpha value is -1.34. The quantitative estimate of drug-likeness (QED) is 0.681. The standard InChI is InChI=1S/C14H8Br2F3NO/c15-8-1-4-10(5-2-8)20-13(21)11-6-3-9(16)7-12(11)14(17,18)19/h1-7H,(H,20,21). The van der Waals surface area contributed by atoms with Gasteiger partial charge in [-0.3, -0.25) is 4.79 Å². The number of rotatable bonds is 2. The van der Waals surface area contributed by atoms with Crippen molar-refractivity contribution >= 4 is 43.5 Å². The van der Waals surface area contributed by atoms with Gasteiger partial charge < -0.3 is 5.32 Å². The summed E-state index contributed by atoms with van der Waals surface area (Å²) in [5, 5.41) is 2.44. The Morgan fingerprint density at radius 2 is 1.52 bits per heavy atom. The molecule has 0 atom stereocenters. The van der Waals surface area contributed by atoms with Crippen LogP contribution in [0, 0.1) is 0 Å². The van der Waals surface area contributed by atoms with Crippen LogP contribution in [0.4, 0.5) is 18.9 Å².